The minimum absolute atomic E-state index is 0.127. The molecule has 1 aromatic heterocycles. The van der Waals surface area contributed by atoms with Crippen molar-refractivity contribution in [2.75, 3.05) is 0 Å². The lowest BCUT2D eigenvalue weighted by Crippen LogP contribution is -2.27. The average molecular weight is 274 g/mol. The topological polar surface area (TPSA) is 61.2 Å². The molecule has 0 N–H and O–H groups in total. The van der Waals surface area contributed by atoms with E-state index in [9.17, 15) is 9.59 Å². The second kappa shape index (κ2) is 5.45. The van der Waals surface area contributed by atoms with Crippen LogP contribution in [0.2, 0.25) is 0 Å². The summed E-state index contributed by atoms with van der Waals surface area (Å²) in [5.74, 6) is -0.334. The zero-order valence-electron chi connectivity index (χ0n) is 11.9. The quantitative estimate of drug-likeness (QED) is 0.804. The molecule has 0 bridgehead atoms. The first kappa shape index (κ1) is 14.2. The van der Waals surface area contributed by atoms with E-state index < -0.39 is 5.60 Å². The molecule has 0 amide bonds. The number of hydrogen-bond donors (Lipinski definition) is 0. The monoisotopic (exact) mass is 274 g/mol. The van der Waals surface area contributed by atoms with Crippen molar-refractivity contribution in [3.05, 3.63) is 40.8 Å². The Morgan fingerprint density at radius 3 is 2.70 bits per heavy atom. The van der Waals surface area contributed by atoms with Crippen LogP contribution in [0.15, 0.2) is 35.3 Å². The van der Waals surface area contributed by atoms with Crippen LogP contribution in [0.25, 0.3) is 10.8 Å². The SMILES string of the molecule is CC(C)(C)OC(=O)CCn1ncc2ccccc2c1=O. The molecule has 1 heterocycles. The molecule has 0 aliphatic carbocycles. The van der Waals surface area contributed by atoms with E-state index in [-0.39, 0.29) is 24.5 Å². The van der Waals surface area contributed by atoms with Gasteiger partial charge in [0, 0.05) is 5.39 Å². The number of carbonyl (C=O) groups excluding carboxylic acids is 1. The second-order valence-electron chi connectivity index (χ2n) is 5.60. The van der Waals surface area contributed by atoms with Crippen LogP contribution >= 0.6 is 0 Å². The maximum Gasteiger partial charge on any atom is 0.308 e. The Morgan fingerprint density at radius 2 is 2.00 bits per heavy atom. The van der Waals surface area contributed by atoms with Gasteiger partial charge in [-0.15, -0.1) is 0 Å². The van der Waals surface area contributed by atoms with Crippen LogP contribution in [0.5, 0.6) is 0 Å². The first-order valence-corrected chi connectivity index (χ1v) is 6.53. The van der Waals surface area contributed by atoms with Gasteiger partial charge in [0.1, 0.15) is 5.60 Å². The molecule has 2 aromatic rings. The van der Waals surface area contributed by atoms with Crippen molar-refractivity contribution in [3.63, 3.8) is 0 Å². The van der Waals surface area contributed by atoms with E-state index in [1.165, 1.54) is 4.68 Å². The van der Waals surface area contributed by atoms with Crippen LogP contribution < -0.4 is 5.56 Å². The van der Waals surface area contributed by atoms with E-state index in [4.69, 9.17) is 4.74 Å². The first-order valence-electron chi connectivity index (χ1n) is 6.53. The van der Waals surface area contributed by atoms with Gasteiger partial charge in [-0.3, -0.25) is 9.59 Å². The lowest BCUT2D eigenvalue weighted by atomic mass is 10.2. The molecular formula is C15H18N2O3. The minimum atomic E-state index is -0.515. The van der Waals surface area contributed by atoms with Gasteiger partial charge in [0.25, 0.3) is 5.56 Å². The van der Waals surface area contributed by atoms with Crippen molar-refractivity contribution in [3.8, 4) is 0 Å². The summed E-state index contributed by atoms with van der Waals surface area (Å²) in [5.41, 5.74) is -0.703. The van der Waals surface area contributed by atoms with Gasteiger partial charge in [-0.1, -0.05) is 18.2 Å². The van der Waals surface area contributed by atoms with E-state index in [0.29, 0.717) is 5.39 Å². The third-order valence-corrected chi connectivity index (χ3v) is 2.71. The predicted octanol–water partition coefficient (Wildman–Crippen LogP) is 2.13. The van der Waals surface area contributed by atoms with E-state index in [2.05, 4.69) is 5.10 Å². The normalized spacial score (nSPS) is 11.6. The number of fused-ring (bicyclic) bond motifs is 1. The molecule has 20 heavy (non-hydrogen) atoms. The van der Waals surface area contributed by atoms with E-state index in [0.717, 1.165) is 5.39 Å². The van der Waals surface area contributed by atoms with Crippen molar-refractivity contribution in [1.29, 1.82) is 0 Å². The van der Waals surface area contributed by atoms with Crippen LogP contribution in [-0.2, 0) is 16.1 Å². The molecule has 0 unspecified atom stereocenters. The summed E-state index contributed by atoms with van der Waals surface area (Å²) < 4.78 is 6.50. The molecule has 106 valence electrons. The number of hydrogen-bond acceptors (Lipinski definition) is 4. The second-order valence-corrected chi connectivity index (χ2v) is 5.60. The average Bonchev–Trinajstić information content (AvgIpc) is 2.36. The fourth-order valence-electron chi connectivity index (χ4n) is 1.88. The predicted molar refractivity (Wildman–Crippen MR) is 76.5 cm³/mol. The van der Waals surface area contributed by atoms with Crippen LogP contribution in [0.3, 0.4) is 0 Å². The van der Waals surface area contributed by atoms with Crippen LogP contribution in [0, 0.1) is 0 Å². The van der Waals surface area contributed by atoms with Gasteiger partial charge in [0.15, 0.2) is 0 Å². The van der Waals surface area contributed by atoms with Crippen molar-refractivity contribution in [1.82, 2.24) is 9.78 Å². The van der Waals surface area contributed by atoms with Crippen molar-refractivity contribution >= 4 is 16.7 Å². The van der Waals surface area contributed by atoms with Gasteiger partial charge in [0.05, 0.1) is 24.5 Å². The summed E-state index contributed by atoms with van der Waals surface area (Å²) in [7, 11) is 0. The number of esters is 1. The highest BCUT2D eigenvalue weighted by Gasteiger charge is 2.16. The van der Waals surface area contributed by atoms with Gasteiger partial charge in [0.2, 0.25) is 0 Å². The molecule has 0 saturated carbocycles. The smallest absolute Gasteiger partial charge is 0.308 e. The van der Waals surface area contributed by atoms with E-state index in [1.807, 2.05) is 39.0 Å². The number of benzene rings is 1. The zero-order chi connectivity index (χ0) is 14.8. The summed E-state index contributed by atoms with van der Waals surface area (Å²) in [6.07, 6.45) is 1.76. The summed E-state index contributed by atoms with van der Waals surface area (Å²) in [6.45, 7) is 5.65. The van der Waals surface area contributed by atoms with Gasteiger partial charge < -0.3 is 4.74 Å². The van der Waals surface area contributed by atoms with Gasteiger partial charge in [-0.05, 0) is 26.8 Å². The van der Waals surface area contributed by atoms with Crippen molar-refractivity contribution in [2.24, 2.45) is 0 Å². The Kier molecular flexibility index (Phi) is 3.88. The molecule has 5 heteroatoms. The lowest BCUT2D eigenvalue weighted by Gasteiger charge is -2.19. The van der Waals surface area contributed by atoms with Gasteiger partial charge in [-0.2, -0.15) is 5.10 Å². The fourth-order valence-corrected chi connectivity index (χ4v) is 1.88. The summed E-state index contributed by atoms with van der Waals surface area (Å²) >= 11 is 0. The molecule has 0 aliphatic rings. The highest BCUT2D eigenvalue weighted by Crippen LogP contribution is 2.09. The Labute approximate surface area is 117 Å². The van der Waals surface area contributed by atoms with Gasteiger partial charge >= 0.3 is 5.97 Å². The molecule has 0 atom stereocenters. The van der Waals surface area contributed by atoms with E-state index >= 15 is 0 Å². The maximum absolute atomic E-state index is 12.2. The highest BCUT2D eigenvalue weighted by molar-refractivity contribution is 5.80. The van der Waals surface area contributed by atoms with Crippen LogP contribution in [-0.4, -0.2) is 21.4 Å². The number of aryl methyl sites for hydroxylation is 1. The molecule has 0 fully saturated rings. The number of rotatable bonds is 3. The molecular weight excluding hydrogens is 256 g/mol. The third kappa shape index (κ3) is 3.44. The fraction of sp³-hybridized carbons (Fsp3) is 0.400. The number of nitrogens with zero attached hydrogens (tertiary/aromatic N) is 2. The summed E-state index contributed by atoms with van der Waals surface area (Å²) in [5, 5.41) is 5.47. The number of carbonyl (C=O) groups is 1. The molecule has 0 spiro atoms. The molecule has 0 radical (unpaired) electrons. The zero-order valence-corrected chi connectivity index (χ0v) is 11.9. The largest absolute Gasteiger partial charge is 0.460 e. The van der Waals surface area contributed by atoms with Gasteiger partial charge in [-0.25, -0.2) is 4.68 Å². The Morgan fingerprint density at radius 1 is 1.30 bits per heavy atom. The minimum Gasteiger partial charge on any atom is -0.460 e. The molecule has 1 aromatic carbocycles. The van der Waals surface area contributed by atoms with Crippen molar-refractivity contribution < 1.29 is 9.53 Å². The van der Waals surface area contributed by atoms with Crippen molar-refractivity contribution in [2.45, 2.75) is 39.3 Å². The third-order valence-electron chi connectivity index (χ3n) is 2.71. The number of aromatic nitrogens is 2. The molecule has 5 nitrogen and oxygen atoms in total. The maximum atomic E-state index is 12.2. The summed E-state index contributed by atoms with van der Waals surface area (Å²) in [4.78, 5) is 23.8. The molecule has 2 rings (SSSR count). The Bertz CT molecular complexity index is 683. The standard InChI is InChI=1S/C15H18N2O3/c1-15(2,3)20-13(18)8-9-17-14(19)12-7-5-4-6-11(12)10-16-17/h4-7,10H,8-9H2,1-3H3. The van der Waals surface area contributed by atoms with E-state index in [1.54, 1.807) is 12.3 Å². The molecule has 0 saturated heterocycles. The highest BCUT2D eigenvalue weighted by atomic mass is 16.6. The Hall–Kier alpha value is -2.17. The number of ether oxygens (including phenoxy) is 1. The summed E-state index contributed by atoms with van der Waals surface area (Å²) in [6, 6.07) is 7.25. The van der Waals surface area contributed by atoms with Crippen LogP contribution in [0.4, 0.5) is 0 Å². The lowest BCUT2D eigenvalue weighted by molar-refractivity contribution is -0.155. The van der Waals surface area contributed by atoms with Crippen LogP contribution in [0.1, 0.15) is 27.2 Å². The first-order chi connectivity index (χ1) is 9.37. The Balaban J connectivity index is 2.13. The molecule has 0 aliphatic heterocycles.